The molecule has 13 nitrogen and oxygen atoms in total. The standard InChI is InChI=1S/C19H26IN3O10/c20-9-3-1-2-8(4-9)7-30-18-12(22-23-21)14(27)17(11(6-25)32-18)33-19-16(29)15(28)13(26)10(5-24)31-19/h1-4,10-19,24-29H,5-7H2/t10-,11-,12-,13-,14-,15+,16-,17-,18-,19+/m1/s1. The van der Waals surface area contributed by atoms with Gasteiger partial charge in [-0.25, -0.2) is 0 Å². The van der Waals surface area contributed by atoms with Crippen LogP contribution in [0.4, 0.5) is 0 Å². The van der Waals surface area contributed by atoms with Crippen molar-refractivity contribution < 1.29 is 49.6 Å². The van der Waals surface area contributed by atoms with Crippen LogP contribution in [0.15, 0.2) is 29.4 Å². The average molecular weight is 583 g/mol. The Balaban J connectivity index is 1.75. The van der Waals surface area contributed by atoms with Crippen molar-refractivity contribution in [1.29, 1.82) is 0 Å². The van der Waals surface area contributed by atoms with Crippen molar-refractivity contribution in [3.05, 3.63) is 43.8 Å². The predicted octanol–water partition coefficient (Wildman–Crippen LogP) is -1.25. The van der Waals surface area contributed by atoms with Gasteiger partial charge in [0.15, 0.2) is 12.6 Å². The first kappa shape index (κ1) is 26.5. The molecule has 0 unspecified atom stereocenters. The van der Waals surface area contributed by atoms with E-state index in [1.54, 1.807) is 0 Å². The maximum Gasteiger partial charge on any atom is 0.187 e. The van der Waals surface area contributed by atoms with Crippen molar-refractivity contribution in [2.75, 3.05) is 13.2 Å². The molecule has 0 aromatic heterocycles. The highest BCUT2D eigenvalue weighted by Gasteiger charge is 2.50. The van der Waals surface area contributed by atoms with Gasteiger partial charge in [0.25, 0.3) is 0 Å². The highest BCUT2D eigenvalue weighted by atomic mass is 127. The molecule has 184 valence electrons. The second-order valence-electron chi connectivity index (χ2n) is 7.65. The van der Waals surface area contributed by atoms with Gasteiger partial charge in [-0.3, -0.25) is 0 Å². The monoisotopic (exact) mass is 583 g/mol. The maximum atomic E-state index is 10.9. The quantitative estimate of drug-likeness (QED) is 0.0928. The molecule has 2 heterocycles. The van der Waals surface area contributed by atoms with Gasteiger partial charge in [-0.05, 0) is 45.8 Å². The Morgan fingerprint density at radius 2 is 1.67 bits per heavy atom. The summed E-state index contributed by atoms with van der Waals surface area (Å²) in [5.41, 5.74) is 9.78. The van der Waals surface area contributed by atoms with Crippen molar-refractivity contribution in [2.24, 2.45) is 5.11 Å². The van der Waals surface area contributed by atoms with Gasteiger partial charge >= 0.3 is 0 Å². The second-order valence-corrected chi connectivity index (χ2v) is 8.90. The zero-order valence-corrected chi connectivity index (χ0v) is 19.4. The largest absolute Gasteiger partial charge is 0.394 e. The lowest BCUT2D eigenvalue weighted by Gasteiger charge is -2.46. The van der Waals surface area contributed by atoms with Gasteiger partial charge in [0, 0.05) is 8.48 Å². The molecule has 0 aliphatic carbocycles. The van der Waals surface area contributed by atoms with Crippen molar-refractivity contribution in [1.82, 2.24) is 0 Å². The molecule has 2 saturated heterocycles. The molecule has 10 atom stereocenters. The van der Waals surface area contributed by atoms with Gasteiger partial charge in [-0.15, -0.1) is 0 Å². The molecule has 2 aliphatic rings. The van der Waals surface area contributed by atoms with Crippen molar-refractivity contribution >= 4 is 22.6 Å². The van der Waals surface area contributed by atoms with Gasteiger partial charge in [-0.2, -0.15) is 0 Å². The molecule has 33 heavy (non-hydrogen) atoms. The molecule has 2 fully saturated rings. The fourth-order valence-electron chi connectivity index (χ4n) is 3.68. The lowest BCUT2D eigenvalue weighted by Crippen LogP contribution is -2.64. The molecule has 0 saturated carbocycles. The summed E-state index contributed by atoms with van der Waals surface area (Å²) in [6, 6.07) is 6.14. The van der Waals surface area contributed by atoms with E-state index in [-0.39, 0.29) is 6.61 Å². The summed E-state index contributed by atoms with van der Waals surface area (Å²) in [6.07, 6.45) is -13.2. The number of benzene rings is 1. The molecule has 0 amide bonds. The minimum absolute atomic E-state index is 0.0715. The molecule has 1 aromatic rings. The predicted molar refractivity (Wildman–Crippen MR) is 117 cm³/mol. The molecule has 2 aliphatic heterocycles. The van der Waals surface area contributed by atoms with Crippen LogP contribution in [0, 0.1) is 3.57 Å². The normalized spacial score (nSPS) is 39.1. The lowest BCUT2D eigenvalue weighted by atomic mass is 9.96. The summed E-state index contributed by atoms with van der Waals surface area (Å²) in [6.45, 7) is -1.24. The average Bonchev–Trinajstić information content (AvgIpc) is 2.81. The number of ether oxygens (including phenoxy) is 4. The van der Waals surface area contributed by atoms with Gasteiger partial charge in [-0.1, -0.05) is 17.2 Å². The number of hydrogen-bond acceptors (Lipinski definition) is 11. The minimum atomic E-state index is -1.73. The summed E-state index contributed by atoms with van der Waals surface area (Å²) in [4.78, 5) is 2.72. The topological polar surface area (TPSA) is 207 Å². The van der Waals surface area contributed by atoms with Gasteiger partial charge < -0.3 is 49.6 Å². The Kier molecular flexibility index (Phi) is 9.63. The molecule has 6 N–H and O–H groups in total. The van der Waals surface area contributed by atoms with Crippen molar-refractivity contribution in [3.63, 3.8) is 0 Å². The Labute approximate surface area is 202 Å². The molecule has 0 spiro atoms. The Morgan fingerprint density at radius 3 is 2.30 bits per heavy atom. The summed E-state index contributed by atoms with van der Waals surface area (Å²) < 4.78 is 23.3. The lowest BCUT2D eigenvalue weighted by molar-refractivity contribution is -0.347. The molecule has 14 heteroatoms. The van der Waals surface area contributed by atoms with E-state index in [2.05, 4.69) is 32.6 Å². The Morgan fingerprint density at radius 1 is 0.970 bits per heavy atom. The molecule has 3 rings (SSSR count). The van der Waals surface area contributed by atoms with Crippen molar-refractivity contribution in [3.8, 4) is 0 Å². The van der Waals surface area contributed by atoms with E-state index < -0.39 is 74.6 Å². The number of rotatable bonds is 8. The molecule has 0 radical (unpaired) electrons. The molecule has 0 bridgehead atoms. The fourth-order valence-corrected chi connectivity index (χ4v) is 4.29. The van der Waals surface area contributed by atoms with Gasteiger partial charge in [0.05, 0.1) is 25.9 Å². The summed E-state index contributed by atoms with van der Waals surface area (Å²) in [5, 5.41) is 63.7. The van der Waals surface area contributed by atoms with Crippen LogP contribution in [0.5, 0.6) is 0 Å². The van der Waals surface area contributed by atoms with Crippen LogP contribution in [-0.4, -0.2) is 105 Å². The smallest absolute Gasteiger partial charge is 0.187 e. The number of aliphatic hydroxyl groups excluding tert-OH is 6. The molecular weight excluding hydrogens is 557 g/mol. The maximum absolute atomic E-state index is 10.9. The van der Waals surface area contributed by atoms with Crippen LogP contribution >= 0.6 is 22.6 Å². The van der Waals surface area contributed by atoms with Crippen LogP contribution in [-0.2, 0) is 25.6 Å². The van der Waals surface area contributed by atoms with E-state index in [0.29, 0.717) is 0 Å². The van der Waals surface area contributed by atoms with Crippen LogP contribution < -0.4 is 0 Å². The fraction of sp³-hybridized carbons (Fsp3) is 0.684. The zero-order valence-electron chi connectivity index (χ0n) is 17.2. The van der Waals surface area contributed by atoms with E-state index in [1.165, 1.54) is 0 Å². The zero-order chi connectivity index (χ0) is 24.1. The van der Waals surface area contributed by atoms with E-state index in [1.807, 2.05) is 24.3 Å². The number of nitrogens with zero attached hydrogens (tertiary/aromatic N) is 3. The van der Waals surface area contributed by atoms with Gasteiger partial charge in [0.2, 0.25) is 0 Å². The first-order chi connectivity index (χ1) is 15.8. The van der Waals surface area contributed by atoms with Gasteiger partial charge in [0.1, 0.15) is 42.7 Å². The highest BCUT2D eigenvalue weighted by Crippen LogP contribution is 2.31. The first-order valence-electron chi connectivity index (χ1n) is 10.1. The third-order valence-electron chi connectivity index (χ3n) is 5.45. The minimum Gasteiger partial charge on any atom is -0.394 e. The van der Waals surface area contributed by atoms with E-state index in [4.69, 9.17) is 24.5 Å². The van der Waals surface area contributed by atoms with Crippen molar-refractivity contribution in [2.45, 2.75) is 68.0 Å². The van der Waals surface area contributed by atoms with Crippen LogP contribution in [0.25, 0.3) is 10.4 Å². The molecule has 1 aromatic carbocycles. The van der Waals surface area contributed by atoms with Crippen LogP contribution in [0.3, 0.4) is 0 Å². The summed E-state index contributed by atoms with van der Waals surface area (Å²) in [5.74, 6) is 0. The molecular formula is C19H26IN3O10. The summed E-state index contributed by atoms with van der Waals surface area (Å²) in [7, 11) is 0. The Hall–Kier alpha value is -1.14. The number of azide groups is 1. The van der Waals surface area contributed by atoms with E-state index in [9.17, 15) is 30.6 Å². The number of aliphatic hydroxyl groups is 6. The van der Waals surface area contributed by atoms with E-state index in [0.717, 1.165) is 9.13 Å². The van der Waals surface area contributed by atoms with Crippen LogP contribution in [0.2, 0.25) is 0 Å². The van der Waals surface area contributed by atoms with Crippen LogP contribution in [0.1, 0.15) is 5.56 Å². The van der Waals surface area contributed by atoms with E-state index >= 15 is 0 Å². The SMILES string of the molecule is [N-]=[N+]=N[C@H]1[C@H](OCc2cccc(I)c2)O[C@H](CO)[C@@H](O[C@@H]2O[C@H](CO)[C@@H](O)[C@H](O)[C@H]2O)[C@@H]1O. The number of halogens is 1. The third kappa shape index (κ3) is 6.11. The Bertz CT molecular complexity index is 829. The highest BCUT2D eigenvalue weighted by molar-refractivity contribution is 14.1. The summed E-state index contributed by atoms with van der Waals surface area (Å²) >= 11 is 2.14. The third-order valence-corrected chi connectivity index (χ3v) is 6.12. The second kappa shape index (κ2) is 12.0. The first-order valence-corrected chi connectivity index (χ1v) is 11.2. The number of hydrogen-bond donors (Lipinski definition) is 6.